The van der Waals surface area contributed by atoms with Gasteiger partial charge in [-0.25, -0.2) is 18.4 Å². The van der Waals surface area contributed by atoms with Crippen LogP contribution < -0.4 is 4.74 Å². The number of benzene rings is 2. The van der Waals surface area contributed by atoms with Crippen molar-refractivity contribution >= 4 is 23.3 Å². The summed E-state index contributed by atoms with van der Waals surface area (Å²) in [6, 6.07) is 2.85. The predicted molar refractivity (Wildman–Crippen MR) is 78.0 cm³/mol. The zero-order chi connectivity index (χ0) is 19.6. The van der Waals surface area contributed by atoms with Crippen molar-refractivity contribution in [3.8, 4) is 5.75 Å². The molecule has 0 radical (unpaired) electrons. The summed E-state index contributed by atoms with van der Waals surface area (Å²) in [5, 5.41) is 31.2. The molecule has 0 aromatic heterocycles. The second kappa shape index (κ2) is 6.88. The molecule has 26 heavy (non-hydrogen) atoms. The van der Waals surface area contributed by atoms with E-state index in [1.807, 2.05) is 0 Å². The van der Waals surface area contributed by atoms with Crippen molar-refractivity contribution in [1.29, 1.82) is 0 Å². The summed E-state index contributed by atoms with van der Waals surface area (Å²) in [5.74, 6) is -7.11. The molecule has 0 aliphatic rings. The number of nitro groups is 2. The summed E-state index contributed by atoms with van der Waals surface area (Å²) in [4.78, 5) is 42.8. The molecular weight excluding hydrogens is 362 g/mol. The molecule has 0 unspecified atom stereocenters. The minimum Gasteiger partial charge on any atom is -0.477 e. The van der Waals surface area contributed by atoms with Crippen molar-refractivity contribution in [1.82, 2.24) is 0 Å². The van der Waals surface area contributed by atoms with Crippen LogP contribution in [0, 0.1) is 31.9 Å². The molecule has 0 aliphatic heterocycles. The van der Waals surface area contributed by atoms with E-state index in [9.17, 15) is 38.6 Å². The maximum absolute atomic E-state index is 13.6. The number of nitrogens with zero attached hydrogens (tertiary/aromatic N) is 2. The maximum atomic E-state index is 13.6. The van der Waals surface area contributed by atoms with Crippen molar-refractivity contribution in [3.63, 3.8) is 0 Å². The number of halogens is 2. The molecule has 0 heterocycles. The van der Waals surface area contributed by atoms with Crippen LogP contribution in [0.2, 0.25) is 0 Å². The van der Waals surface area contributed by atoms with Gasteiger partial charge < -0.3 is 9.84 Å². The Morgan fingerprint density at radius 1 is 1.00 bits per heavy atom. The molecule has 1 N–H and O–H groups in total. The van der Waals surface area contributed by atoms with Crippen molar-refractivity contribution < 1.29 is 38.1 Å². The fourth-order valence-corrected chi connectivity index (χ4v) is 1.96. The standard InChI is InChI=1S/C14H6F2N2O8/c15-6-1-2-7(9(16)5-6)14(21)26-12-10(17(22)23)4-3-8(13(19)20)11(12)18(24)25/h1-5H,(H,19,20). The van der Waals surface area contributed by atoms with Gasteiger partial charge in [0.15, 0.2) is 0 Å². The van der Waals surface area contributed by atoms with Crippen LogP contribution in [0.4, 0.5) is 20.2 Å². The molecule has 0 spiro atoms. The molecular formula is C14H6F2N2O8. The van der Waals surface area contributed by atoms with Crippen LogP contribution in [0.25, 0.3) is 0 Å². The number of ether oxygens (including phenoxy) is 1. The van der Waals surface area contributed by atoms with Crippen molar-refractivity contribution in [2.45, 2.75) is 0 Å². The first-order valence-corrected chi connectivity index (χ1v) is 6.49. The highest BCUT2D eigenvalue weighted by atomic mass is 19.1. The Hall–Kier alpha value is -3.96. The number of carboxylic acid groups (broad SMARTS) is 1. The van der Waals surface area contributed by atoms with Gasteiger partial charge in [-0.3, -0.25) is 20.2 Å². The molecule has 0 bridgehead atoms. The lowest BCUT2D eigenvalue weighted by Gasteiger charge is -2.08. The van der Waals surface area contributed by atoms with E-state index in [4.69, 9.17) is 5.11 Å². The van der Waals surface area contributed by atoms with Crippen LogP contribution in [-0.2, 0) is 0 Å². The Morgan fingerprint density at radius 2 is 1.62 bits per heavy atom. The maximum Gasteiger partial charge on any atom is 0.347 e. The molecule has 0 atom stereocenters. The normalized spacial score (nSPS) is 10.2. The lowest BCUT2D eigenvalue weighted by molar-refractivity contribution is -0.395. The zero-order valence-corrected chi connectivity index (χ0v) is 12.3. The topological polar surface area (TPSA) is 150 Å². The SMILES string of the molecule is O=C(Oc1c([N+](=O)[O-])ccc(C(=O)O)c1[N+](=O)[O-])c1ccc(F)cc1F. The van der Waals surface area contributed by atoms with Crippen LogP contribution in [0.5, 0.6) is 5.75 Å². The molecule has 0 fully saturated rings. The average molecular weight is 368 g/mol. The van der Waals surface area contributed by atoms with Gasteiger partial charge in [0, 0.05) is 12.1 Å². The van der Waals surface area contributed by atoms with Crippen molar-refractivity contribution in [3.05, 3.63) is 73.3 Å². The lowest BCUT2D eigenvalue weighted by atomic mass is 10.1. The van der Waals surface area contributed by atoms with Crippen molar-refractivity contribution in [2.75, 3.05) is 0 Å². The molecule has 10 nitrogen and oxygen atoms in total. The lowest BCUT2D eigenvalue weighted by Crippen LogP contribution is -2.14. The van der Waals surface area contributed by atoms with Crippen molar-refractivity contribution in [2.24, 2.45) is 0 Å². The van der Waals surface area contributed by atoms with E-state index in [2.05, 4.69) is 4.74 Å². The minimum absolute atomic E-state index is 0.326. The molecule has 2 rings (SSSR count). The fraction of sp³-hybridized carbons (Fsp3) is 0. The molecule has 0 saturated heterocycles. The largest absolute Gasteiger partial charge is 0.477 e. The molecule has 0 aliphatic carbocycles. The van der Waals surface area contributed by atoms with Crippen LogP contribution in [0.3, 0.4) is 0 Å². The van der Waals surface area contributed by atoms with Gasteiger partial charge in [-0.05, 0) is 18.2 Å². The van der Waals surface area contributed by atoms with Gasteiger partial charge in [0.25, 0.3) is 5.75 Å². The van der Waals surface area contributed by atoms with E-state index in [0.29, 0.717) is 30.3 Å². The second-order valence-corrected chi connectivity index (χ2v) is 4.64. The Balaban J connectivity index is 2.64. The van der Waals surface area contributed by atoms with E-state index in [1.165, 1.54) is 0 Å². The quantitative estimate of drug-likeness (QED) is 0.366. The van der Waals surface area contributed by atoms with E-state index < -0.39 is 61.7 Å². The molecule has 2 aromatic rings. The van der Waals surface area contributed by atoms with Gasteiger partial charge in [0.2, 0.25) is 0 Å². The molecule has 12 heteroatoms. The third kappa shape index (κ3) is 3.43. The van der Waals surface area contributed by atoms with E-state index in [-0.39, 0.29) is 0 Å². The number of aromatic carboxylic acids is 1. The Kier molecular flexibility index (Phi) is 4.86. The summed E-state index contributed by atoms with van der Waals surface area (Å²) in [7, 11) is 0. The summed E-state index contributed by atoms with van der Waals surface area (Å²) in [6.45, 7) is 0. The highest BCUT2D eigenvalue weighted by Gasteiger charge is 2.35. The van der Waals surface area contributed by atoms with Gasteiger partial charge in [-0.2, -0.15) is 0 Å². The monoisotopic (exact) mass is 368 g/mol. The Labute approximate surface area is 141 Å². The van der Waals surface area contributed by atoms with Gasteiger partial charge in [0.1, 0.15) is 17.2 Å². The minimum atomic E-state index is -1.81. The first-order valence-electron chi connectivity index (χ1n) is 6.49. The van der Waals surface area contributed by atoms with Crippen LogP contribution >= 0.6 is 0 Å². The van der Waals surface area contributed by atoms with Gasteiger partial charge in [-0.1, -0.05) is 0 Å². The summed E-state index contributed by atoms with van der Waals surface area (Å²) < 4.78 is 31.1. The number of nitro benzene ring substituents is 2. The molecule has 0 saturated carbocycles. The molecule has 2 aromatic carbocycles. The average Bonchev–Trinajstić information content (AvgIpc) is 2.53. The second-order valence-electron chi connectivity index (χ2n) is 4.64. The van der Waals surface area contributed by atoms with Crippen LogP contribution in [0.15, 0.2) is 30.3 Å². The predicted octanol–water partition coefficient (Wildman–Crippen LogP) is 2.70. The fourth-order valence-electron chi connectivity index (χ4n) is 1.96. The Morgan fingerprint density at radius 3 is 2.12 bits per heavy atom. The van der Waals surface area contributed by atoms with Gasteiger partial charge in [-0.15, -0.1) is 0 Å². The number of rotatable bonds is 5. The van der Waals surface area contributed by atoms with Gasteiger partial charge in [0.05, 0.1) is 15.4 Å². The number of carboxylic acids is 1. The number of hydrogen-bond donors (Lipinski definition) is 1. The number of esters is 1. The highest BCUT2D eigenvalue weighted by Crippen LogP contribution is 2.40. The zero-order valence-electron chi connectivity index (χ0n) is 12.3. The third-order valence-corrected chi connectivity index (χ3v) is 3.07. The highest BCUT2D eigenvalue weighted by molar-refractivity contribution is 5.97. The summed E-state index contributed by atoms with van der Waals surface area (Å²) in [5.41, 5.74) is -4.29. The van der Waals surface area contributed by atoms with E-state index >= 15 is 0 Å². The Bertz CT molecular complexity index is 960. The first-order chi connectivity index (χ1) is 12.1. The van der Waals surface area contributed by atoms with Crippen LogP contribution in [0.1, 0.15) is 20.7 Å². The van der Waals surface area contributed by atoms with E-state index in [1.54, 1.807) is 0 Å². The first kappa shape index (κ1) is 18.4. The summed E-state index contributed by atoms with van der Waals surface area (Å²) in [6.07, 6.45) is 0. The number of hydrogen-bond acceptors (Lipinski definition) is 7. The van der Waals surface area contributed by atoms with E-state index in [0.717, 1.165) is 0 Å². The number of carbonyl (C=O) groups excluding carboxylic acids is 1. The number of carbonyl (C=O) groups is 2. The van der Waals surface area contributed by atoms with Gasteiger partial charge >= 0.3 is 23.3 Å². The molecule has 0 amide bonds. The third-order valence-electron chi connectivity index (χ3n) is 3.07. The van der Waals surface area contributed by atoms with Crippen LogP contribution in [-0.4, -0.2) is 26.9 Å². The summed E-state index contributed by atoms with van der Waals surface area (Å²) >= 11 is 0. The molecule has 134 valence electrons. The smallest absolute Gasteiger partial charge is 0.347 e.